The van der Waals surface area contributed by atoms with Crippen LogP contribution in [0.15, 0.2) is 0 Å². The molecule has 2 atom stereocenters. The lowest BCUT2D eigenvalue weighted by Gasteiger charge is -2.18. The van der Waals surface area contributed by atoms with Crippen LogP contribution in [-0.4, -0.2) is 37.2 Å². The molecule has 56 heavy (non-hydrogen) atoms. The predicted molar refractivity (Wildman–Crippen MR) is 238 cm³/mol. The van der Waals surface area contributed by atoms with Gasteiger partial charge >= 0.3 is 17.9 Å². The highest BCUT2D eigenvalue weighted by Gasteiger charge is 2.19. The Hall–Kier alpha value is -1.59. The van der Waals surface area contributed by atoms with E-state index in [-0.39, 0.29) is 31.1 Å². The molecule has 6 heteroatoms. The summed E-state index contributed by atoms with van der Waals surface area (Å²) < 4.78 is 16.7. The molecular formula is C50H96O6. The number of carbonyl (C=O) groups is 3. The van der Waals surface area contributed by atoms with E-state index < -0.39 is 6.10 Å². The van der Waals surface area contributed by atoms with Gasteiger partial charge in [-0.2, -0.15) is 0 Å². The Labute approximate surface area is 348 Å². The van der Waals surface area contributed by atoms with Crippen molar-refractivity contribution in [1.29, 1.82) is 0 Å². The lowest BCUT2D eigenvalue weighted by Crippen LogP contribution is -2.30. The van der Waals surface area contributed by atoms with Crippen molar-refractivity contribution in [1.82, 2.24) is 0 Å². The third-order valence-corrected chi connectivity index (χ3v) is 11.6. The van der Waals surface area contributed by atoms with Crippen molar-refractivity contribution in [2.45, 2.75) is 278 Å². The van der Waals surface area contributed by atoms with Crippen LogP contribution in [0.3, 0.4) is 0 Å². The summed E-state index contributed by atoms with van der Waals surface area (Å²) in [5, 5.41) is 0. The van der Waals surface area contributed by atoms with Gasteiger partial charge in [0.15, 0.2) is 6.10 Å². The van der Waals surface area contributed by atoms with Gasteiger partial charge < -0.3 is 14.2 Å². The number of hydrogen-bond donors (Lipinski definition) is 0. The van der Waals surface area contributed by atoms with Crippen molar-refractivity contribution in [2.75, 3.05) is 13.2 Å². The average molecular weight is 793 g/mol. The van der Waals surface area contributed by atoms with Crippen molar-refractivity contribution in [3.63, 3.8) is 0 Å². The Kier molecular flexibility index (Phi) is 41.8. The van der Waals surface area contributed by atoms with Crippen molar-refractivity contribution < 1.29 is 28.6 Å². The highest BCUT2D eigenvalue weighted by molar-refractivity contribution is 5.71. The smallest absolute Gasteiger partial charge is 0.306 e. The van der Waals surface area contributed by atoms with Crippen molar-refractivity contribution in [2.24, 2.45) is 11.8 Å². The van der Waals surface area contributed by atoms with Crippen molar-refractivity contribution in [3.05, 3.63) is 0 Å². The Morgan fingerprint density at radius 3 is 1.02 bits per heavy atom. The zero-order chi connectivity index (χ0) is 41.2. The third-order valence-electron chi connectivity index (χ3n) is 11.6. The largest absolute Gasteiger partial charge is 0.462 e. The zero-order valence-corrected chi connectivity index (χ0v) is 38.3. The number of rotatable bonds is 44. The summed E-state index contributed by atoms with van der Waals surface area (Å²) in [7, 11) is 0. The second-order valence-corrected chi connectivity index (χ2v) is 17.8. The molecule has 0 rings (SSSR count). The molecule has 0 radical (unpaired) electrons. The van der Waals surface area contributed by atoms with E-state index in [2.05, 4.69) is 34.6 Å². The van der Waals surface area contributed by atoms with Crippen LogP contribution < -0.4 is 0 Å². The molecule has 332 valence electrons. The number of carbonyl (C=O) groups excluding carboxylic acids is 3. The Morgan fingerprint density at radius 1 is 0.375 bits per heavy atom. The quantitative estimate of drug-likeness (QED) is 0.0347. The number of unbranched alkanes of at least 4 members (excludes halogenated alkanes) is 28. The van der Waals surface area contributed by atoms with Gasteiger partial charge in [-0.3, -0.25) is 14.4 Å². The molecule has 0 saturated heterocycles. The van der Waals surface area contributed by atoms with Gasteiger partial charge in [-0.1, -0.05) is 234 Å². The van der Waals surface area contributed by atoms with Crippen LogP contribution in [0.25, 0.3) is 0 Å². The van der Waals surface area contributed by atoms with E-state index in [1.54, 1.807) is 0 Å². The van der Waals surface area contributed by atoms with Crippen LogP contribution in [0, 0.1) is 11.8 Å². The molecule has 6 nitrogen and oxygen atoms in total. The molecule has 0 aromatic rings. The topological polar surface area (TPSA) is 78.9 Å². The number of esters is 3. The van der Waals surface area contributed by atoms with E-state index in [0.29, 0.717) is 19.3 Å². The summed E-state index contributed by atoms with van der Waals surface area (Å²) in [5.41, 5.74) is 0. The molecular weight excluding hydrogens is 697 g/mol. The SMILES string of the molecule is CCCCCCCCCCCC(=O)OC[C@H](COC(=O)CCCCCCCCCCCCCCCCC(C)C)OC(=O)CCCCCCCCCCC(C)CC. The first-order valence-electron chi connectivity index (χ1n) is 24.8. The van der Waals surface area contributed by atoms with E-state index in [4.69, 9.17) is 14.2 Å². The third kappa shape index (κ3) is 42.0. The van der Waals surface area contributed by atoms with Crippen LogP contribution in [0.4, 0.5) is 0 Å². The van der Waals surface area contributed by atoms with Crippen LogP contribution >= 0.6 is 0 Å². The van der Waals surface area contributed by atoms with Gasteiger partial charge in [-0.15, -0.1) is 0 Å². The molecule has 0 aliphatic rings. The van der Waals surface area contributed by atoms with Crippen LogP contribution in [0.1, 0.15) is 272 Å². The van der Waals surface area contributed by atoms with Crippen LogP contribution in [0.5, 0.6) is 0 Å². The molecule has 0 amide bonds. The van der Waals surface area contributed by atoms with Crippen molar-refractivity contribution in [3.8, 4) is 0 Å². The summed E-state index contributed by atoms with van der Waals surface area (Å²) >= 11 is 0. The fourth-order valence-corrected chi connectivity index (χ4v) is 7.43. The maximum Gasteiger partial charge on any atom is 0.306 e. The Morgan fingerprint density at radius 2 is 0.679 bits per heavy atom. The van der Waals surface area contributed by atoms with Gasteiger partial charge in [0.25, 0.3) is 0 Å². The summed E-state index contributed by atoms with van der Waals surface area (Å²) in [6.07, 6.45) is 42.3. The average Bonchev–Trinajstić information content (AvgIpc) is 3.18. The molecule has 0 aliphatic heterocycles. The fraction of sp³-hybridized carbons (Fsp3) is 0.940. The van der Waals surface area contributed by atoms with E-state index in [1.807, 2.05) is 0 Å². The zero-order valence-electron chi connectivity index (χ0n) is 38.3. The minimum atomic E-state index is -0.760. The standard InChI is InChI=1S/C50H96O6/c1-6-8-9-10-11-18-25-30-35-40-48(51)54-43-47(56-50(53)42-37-32-27-22-21-24-29-34-39-46(5)7-2)44-55-49(52)41-36-31-26-20-17-15-13-12-14-16-19-23-28-33-38-45(3)4/h45-47H,6-44H2,1-5H3/t46?,47-/m1/s1. The van der Waals surface area contributed by atoms with Gasteiger partial charge in [0.2, 0.25) is 0 Å². The molecule has 0 N–H and O–H groups in total. The van der Waals surface area contributed by atoms with Gasteiger partial charge in [-0.25, -0.2) is 0 Å². The van der Waals surface area contributed by atoms with E-state index in [0.717, 1.165) is 69.6 Å². The highest BCUT2D eigenvalue weighted by atomic mass is 16.6. The Bertz CT molecular complexity index is 856. The van der Waals surface area contributed by atoms with Crippen molar-refractivity contribution >= 4 is 17.9 Å². The summed E-state index contributed by atoms with van der Waals surface area (Å²) in [5.74, 6) is 0.834. The van der Waals surface area contributed by atoms with E-state index in [9.17, 15) is 14.4 Å². The maximum atomic E-state index is 12.7. The fourth-order valence-electron chi connectivity index (χ4n) is 7.43. The first kappa shape index (κ1) is 54.4. The first-order valence-corrected chi connectivity index (χ1v) is 24.8. The van der Waals surface area contributed by atoms with E-state index >= 15 is 0 Å². The molecule has 0 aromatic heterocycles. The normalized spacial score (nSPS) is 12.5. The summed E-state index contributed by atoms with van der Waals surface area (Å²) in [4.78, 5) is 37.8. The number of ether oxygens (including phenoxy) is 3. The van der Waals surface area contributed by atoms with Gasteiger partial charge in [-0.05, 0) is 31.1 Å². The van der Waals surface area contributed by atoms with Gasteiger partial charge in [0, 0.05) is 19.3 Å². The maximum absolute atomic E-state index is 12.7. The first-order chi connectivity index (χ1) is 27.3. The molecule has 0 heterocycles. The monoisotopic (exact) mass is 793 g/mol. The molecule has 0 aromatic carbocycles. The minimum Gasteiger partial charge on any atom is -0.462 e. The summed E-state index contributed by atoms with van der Waals surface area (Å²) in [6.45, 7) is 11.4. The lowest BCUT2D eigenvalue weighted by molar-refractivity contribution is -0.167. The van der Waals surface area contributed by atoms with Gasteiger partial charge in [0.05, 0.1) is 0 Å². The molecule has 0 saturated carbocycles. The molecule has 0 aliphatic carbocycles. The van der Waals surface area contributed by atoms with Gasteiger partial charge in [0.1, 0.15) is 13.2 Å². The second kappa shape index (κ2) is 43.0. The predicted octanol–water partition coefficient (Wildman–Crippen LogP) is 15.8. The molecule has 0 fully saturated rings. The van der Waals surface area contributed by atoms with E-state index in [1.165, 1.54) is 161 Å². The van der Waals surface area contributed by atoms with Crippen LogP contribution in [0.2, 0.25) is 0 Å². The number of hydrogen-bond acceptors (Lipinski definition) is 6. The molecule has 0 bridgehead atoms. The lowest BCUT2D eigenvalue weighted by atomic mass is 9.99. The highest BCUT2D eigenvalue weighted by Crippen LogP contribution is 2.17. The Balaban J connectivity index is 4.26. The second-order valence-electron chi connectivity index (χ2n) is 17.8. The van der Waals surface area contributed by atoms with Crippen LogP contribution in [-0.2, 0) is 28.6 Å². The minimum absolute atomic E-state index is 0.0644. The summed E-state index contributed by atoms with van der Waals surface area (Å²) in [6, 6.07) is 0. The molecule has 1 unspecified atom stereocenters. The molecule has 0 spiro atoms.